The van der Waals surface area contributed by atoms with E-state index in [2.05, 4.69) is 5.10 Å². The van der Waals surface area contributed by atoms with E-state index in [1.54, 1.807) is 23.9 Å². The molecule has 1 aromatic carbocycles. The largest absolute Gasteiger partial charge is 0.493 e. The van der Waals surface area contributed by atoms with Crippen LogP contribution in [0.2, 0.25) is 0 Å². The molecule has 2 aromatic rings. The molecule has 102 valence electrons. The summed E-state index contributed by atoms with van der Waals surface area (Å²) in [5.74, 6) is 0.135. The van der Waals surface area contributed by atoms with Crippen LogP contribution < -0.4 is 4.74 Å². The average Bonchev–Trinajstić information content (AvgIpc) is 2.77. The van der Waals surface area contributed by atoms with Gasteiger partial charge in [0.2, 0.25) is 0 Å². The zero-order valence-corrected chi connectivity index (χ0v) is 11.0. The van der Waals surface area contributed by atoms with Crippen LogP contribution in [0.25, 0.3) is 0 Å². The number of rotatable bonds is 5. The van der Waals surface area contributed by atoms with Gasteiger partial charge in [0.1, 0.15) is 11.6 Å². The molecule has 0 bridgehead atoms. The SMILES string of the molecule is C[C@@H](O)c1cc(F)ccc1OCCc1cnn(C)c1. The lowest BCUT2D eigenvalue weighted by molar-refractivity contribution is 0.191. The lowest BCUT2D eigenvalue weighted by Crippen LogP contribution is -2.05. The Morgan fingerprint density at radius 1 is 1.47 bits per heavy atom. The van der Waals surface area contributed by atoms with Crippen LogP contribution in [0.1, 0.15) is 24.2 Å². The van der Waals surface area contributed by atoms with Gasteiger partial charge in [-0.2, -0.15) is 5.10 Å². The van der Waals surface area contributed by atoms with Gasteiger partial charge in [0.05, 0.1) is 18.9 Å². The van der Waals surface area contributed by atoms with Gasteiger partial charge in [-0.1, -0.05) is 0 Å². The Labute approximate surface area is 111 Å². The first-order valence-corrected chi connectivity index (χ1v) is 6.14. The number of aliphatic hydroxyl groups is 1. The third-order valence-electron chi connectivity index (χ3n) is 2.83. The van der Waals surface area contributed by atoms with E-state index in [0.29, 0.717) is 24.3 Å². The number of benzene rings is 1. The third-order valence-corrected chi connectivity index (χ3v) is 2.83. The number of hydrogen-bond acceptors (Lipinski definition) is 3. The van der Waals surface area contributed by atoms with Crippen LogP contribution in [-0.4, -0.2) is 21.5 Å². The average molecular weight is 264 g/mol. The van der Waals surface area contributed by atoms with Crippen molar-refractivity contribution in [1.82, 2.24) is 9.78 Å². The molecule has 5 heteroatoms. The molecule has 0 amide bonds. The molecule has 0 fully saturated rings. The predicted octanol–water partition coefficient (Wildman–Crippen LogP) is 2.23. The second-order valence-corrected chi connectivity index (χ2v) is 4.48. The van der Waals surface area contributed by atoms with Crippen LogP contribution in [0.3, 0.4) is 0 Å². The topological polar surface area (TPSA) is 47.3 Å². The summed E-state index contributed by atoms with van der Waals surface area (Å²) >= 11 is 0. The molecule has 0 radical (unpaired) electrons. The third kappa shape index (κ3) is 3.54. The Bertz CT molecular complexity index is 552. The van der Waals surface area contributed by atoms with E-state index in [9.17, 15) is 9.50 Å². The molecule has 4 nitrogen and oxygen atoms in total. The summed E-state index contributed by atoms with van der Waals surface area (Å²) in [4.78, 5) is 0. The van der Waals surface area contributed by atoms with E-state index in [0.717, 1.165) is 5.56 Å². The van der Waals surface area contributed by atoms with E-state index < -0.39 is 6.10 Å². The van der Waals surface area contributed by atoms with Crippen LogP contribution >= 0.6 is 0 Å². The maximum Gasteiger partial charge on any atom is 0.125 e. The molecule has 2 rings (SSSR count). The monoisotopic (exact) mass is 264 g/mol. The Morgan fingerprint density at radius 2 is 2.26 bits per heavy atom. The van der Waals surface area contributed by atoms with Gasteiger partial charge in [-0.15, -0.1) is 0 Å². The number of aryl methyl sites for hydroxylation is 1. The summed E-state index contributed by atoms with van der Waals surface area (Å²) in [6, 6.07) is 4.16. The lowest BCUT2D eigenvalue weighted by Gasteiger charge is -2.13. The molecule has 1 aromatic heterocycles. The summed E-state index contributed by atoms with van der Waals surface area (Å²) in [6.45, 7) is 2.04. The smallest absolute Gasteiger partial charge is 0.125 e. The fourth-order valence-corrected chi connectivity index (χ4v) is 1.86. The van der Waals surface area contributed by atoms with Gasteiger partial charge in [-0.25, -0.2) is 4.39 Å². The molecule has 0 spiro atoms. The van der Waals surface area contributed by atoms with E-state index in [1.165, 1.54) is 12.1 Å². The van der Waals surface area contributed by atoms with Crippen molar-refractivity contribution in [3.63, 3.8) is 0 Å². The quantitative estimate of drug-likeness (QED) is 0.901. The van der Waals surface area contributed by atoms with Gasteiger partial charge in [-0.3, -0.25) is 4.68 Å². The van der Waals surface area contributed by atoms with Crippen molar-refractivity contribution < 1.29 is 14.2 Å². The highest BCUT2D eigenvalue weighted by atomic mass is 19.1. The minimum atomic E-state index is -0.760. The minimum Gasteiger partial charge on any atom is -0.493 e. The molecule has 0 unspecified atom stereocenters. The highest BCUT2D eigenvalue weighted by Crippen LogP contribution is 2.26. The fraction of sp³-hybridized carbons (Fsp3) is 0.357. The van der Waals surface area contributed by atoms with Crippen LogP contribution in [0.5, 0.6) is 5.75 Å². The first kappa shape index (κ1) is 13.5. The van der Waals surface area contributed by atoms with Crippen LogP contribution in [0.15, 0.2) is 30.6 Å². The minimum absolute atomic E-state index is 0.379. The molecule has 1 atom stereocenters. The van der Waals surface area contributed by atoms with E-state index in [-0.39, 0.29) is 5.82 Å². The zero-order valence-electron chi connectivity index (χ0n) is 11.0. The molecule has 0 saturated carbocycles. The van der Waals surface area contributed by atoms with E-state index >= 15 is 0 Å². The number of aliphatic hydroxyl groups excluding tert-OH is 1. The second kappa shape index (κ2) is 5.84. The summed E-state index contributed by atoms with van der Waals surface area (Å²) in [6.07, 6.45) is 3.65. The number of nitrogens with zero attached hydrogens (tertiary/aromatic N) is 2. The first-order valence-electron chi connectivity index (χ1n) is 6.14. The molecule has 1 heterocycles. The van der Waals surface area contributed by atoms with E-state index in [4.69, 9.17) is 4.74 Å². The van der Waals surface area contributed by atoms with Gasteiger partial charge in [0.25, 0.3) is 0 Å². The highest BCUT2D eigenvalue weighted by Gasteiger charge is 2.10. The van der Waals surface area contributed by atoms with Crippen molar-refractivity contribution >= 4 is 0 Å². The highest BCUT2D eigenvalue weighted by molar-refractivity contribution is 5.35. The number of aromatic nitrogens is 2. The van der Waals surface area contributed by atoms with Crippen molar-refractivity contribution in [2.24, 2.45) is 7.05 Å². The van der Waals surface area contributed by atoms with Gasteiger partial charge in [-0.05, 0) is 30.7 Å². The van der Waals surface area contributed by atoms with Gasteiger partial charge < -0.3 is 9.84 Å². The maximum atomic E-state index is 13.1. The normalized spacial score (nSPS) is 12.4. The number of ether oxygens (including phenoxy) is 1. The maximum absolute atomic E-state index is 13.1. The van der Waals surface area contributed by atoms with Crippen molar-refractivity contribution in [1.29, 1.82) is 0 Å². The molecular formula is C14H17FN2O2. The summed E-state index contributed by atoms with van der Waals surface area (Å²) < 4.78 is 20.5. The Kier molecular flexibility index (Phi) is 4.16. The molecule has 1 N–H and O–H groups in total. The summed E-state index contributed by atoms with van der Waals surface area (Å²) in [7, 11) is 1.86. The van der Waals surface area contributed by atoms with Crippen LogP contribution in [0.4, 0.5) is 4.39 Å². The molecule has 19 heavy (non-hydrogen) atoms. The first-order chi connectivity index (χ1) is 9.06. The van der Waals surface area contributed by atoms with Crippen molar-refractivity contribution in [3.8, 4) is 5.75 Å². The van der Waals surface area contributed by atoms with Crippen molar-refractivity contribution in [2.75, 3.05) is 6.61 Å². The standard InChI is InChI=1S/C14H17FN2O2/c1-10(18)13-7-12(15)3-4-14(13)19-6-5-11-8-16-17(2)9-11/h3-4,7-10,18H,5-6H2,1-2H3/t10-/m1/s1. The van der Waals surface area contributed by atoms with Crippen molar-refractivity contribution in [2.45, 2.75) is 19.4 Å². The van der Waals surface area contributed by atoms with Crippen LogP contribution in [-0.2, 0) is 13.5 Å². The summed E-state index contributed by atoms with van der Waals surface area (Å²) in [5, 5.41) is 13.7. The molecular weight excluding hydrogens is 247 g/mol. The Morgan fingerprint density at radius 3 is 2.89 bits per heavy atom. The second-order valence-electron chi connectivity index (χ2n) is 4.48. The van der Waals surface area contributed by atoms with Gasteiger partial charge in [0, 0.05) is 25.2 Å². The van der Waals surface area contributed by atoms with Crippen LogP contribution in [0, 0.1) is 5.82 Å². The number of hydrogen-bond donors (Lipinski definition) is 1. The molecule has 0 aliphatic rings. The number of halogens is 1. The van der Waals surface area contributed by atoms with Gasteiger partial charge >= 0.3 is 0 Å². The molecule has 0 aliphatic heterocycles. The molecule has 0 saturated heterocycles. The van der Waals surface area contributed by atoms with Gasteiger partial charge in [0.15, 0.2) is 0 Å². The predicted molar refractivity (Wildman–Crippen MR) is 69.4 cm³/mol. The summed E-state index contributed by atoms with van der Waals surface area (Å²) in [5.41, 5.74) is 1.54. The fourth-order valence-electron chi connectivity index (χ4n) is 1.86. The Hall–Kier alpha value is -1.88. The molecule has 0 aliphatic carbocycles. The van der Waals surface area contributed by atoms with E-state index in [1.807, 2.05) is 13.2 Å². The van der Waals surface area contributed by atoms with Crippen molar-refractivity contribution in [3.05, 3.63) is 47.5 Å². The Balaban J connectivity index is 1.99. The lowest BCUT2D eigenvalue weighted by atomic mass is 10.1. The zero-order chi connectivity index (χ0) is 13.8.